The lowest BCUT2D eigenvalue weighted by molar-refractivity contribution is 0.229. The topological polar surface area (TPSA) is 69.2 Å². The molecule has 0 radical (unpaired) electrons. The molecule has 6 nitrogen and oxygen atoms in total. The van der Waals surface area contributed by atoms with Crippen LogP contribution in [0.4, 0.5) is 5.13 Å². The van der Waals surface area contributed by atoms with Gasteiger partial charge in [-0.3, -0.25) is 0 Å². The van der Waals surface area contributed by atoms with Crippen LogP contribution in [0.2, 0.25) is 0 Å². The maximum atomic E-state index is 5.58. The van der Waals surface area contributed by atoms with Crippen LogP contribution >= 0.6 is 23.6 Å². The van der Waals surface area contributed by atoms with Crippen LogP contribution in [0.5, 0.6) is 11.8 Å². The molecule has 0 spiro atoms. The third-order valence-corrected chi connectivity index (χ3v) is 3.13. The van der Waals surface area contributed by atoms with Gasteiger partial charge >= 0.3 is 0 Å². The Morgan fingerprint density at radius 2 is 2.10 bits per heavy atom. The van der Waals surface area contributed by atoms with Crippen molar-refractivity contribution in [2.75, 3.05) is 12.4 Å². The molecule has 2 aromatic rings. The highest BCUT2D eigenvalue weighted by molar-refractivity contribution is 7.81. The predicted octanol–water partition coefficient (Wildman–Crippen LogP) is 2.52. The van der Waals surface area contributed by atoms with Crippen molar-refractivity contribution in [3.63, 3.8) is 0 Å². The van der Waals surface area contributed by atoms with E-state index in [-0.39, 0.29) is 6.10 Å². The molecule has 0 unspecified atom stereocenters. The number of ether oxygens (including phenoxy) is 2. The summed E-state index contributed by atoms with van der Waals surface area (Å²) in [7, 11) is 1.55. The van der Waals surface area contributed by atoms with E-state index in [1.165, 1.54) is 11.3 Å². The second kappa shape index (κ2) is 6.58. The maximum absolute atomic E-state index is 5.58. The van der Waals surface area contributed by atoms with Gasteiger partial charge in [-0.1, -0.05) is 23.6 Å². The molecule has 0 aromatic carbocycles. The van der Waals surface area contributed by atoms with Gasteiger partial charge in [-0.15, -0.1) is 10.2 Å². The Labute approximate surface area is 126 Å². The third kappa shape index (κ3) is 3.84. The smallest absolute Gasteiger partial charge is 0.217 e. The normalized spacial score (nSPS) is 10.4. The Kier molecular flexibility index (Phi) is 4.80. The molecule has 0 aliphatic rings. The number of nitrogens with one attached hydrogen (secondary N) is 1. The van der Waals surface area contributed by atoms with E-state index in [9.17, 15) is 0 Å². The number of methoxy groups -OCH3 is 1. The fraction of sp³-hybridized carbons (Fsp3) is 0.333. The van der Waals surface area contributed by atoms with E-state index in [0.717, 1.165) is 5.56 Å². The van der Waals surface area contributed by atoms with Crippen molar-refractivity contribution in [1.82, 2.24) is 15.2 Å². The first-order valence-electron chi connectivity index (χ1n) is 5.88. The Bertz CT molecular complexity index is 587. The van der Waals surface area contributed by atoms with Gasteiger partial charge in [-0.05, 0) is 13.8 Å². The fourth-order valence-corrected chi connectivity index (χ4v) is 2.14. The number of pyridine rings is 1. The minimum Gasteiger partial charge on any atom is -0.481 e. The van der Waals surface area contributed by atoms with E-state index >= 15 is 0 Å². The molecule has 0 saturated carbocycles. The van der Waals surface area contributed by atoms with Crippen LogP contribution < -0.4 is 14.8 Å². The van der Waals surface area contributed by atoms with E-state index < -0.39 is 0 Å². The zero-order chi connectivity index (χ0) is 14.5. The highest BCUT2D eigenvalue weighted by Crippen LogP contribution is 2.20. The summed E-state index contributed by atoms with van der Waals surface area (Å²) in [6.45, 7) is 3.86. The first-order valence-corrected chi connectivity index (χ1v) is 7.17. The molecule has 0 bridgehead atoms. The Morgan fingerprint density at radius 1 is 1.35 bits per heavy atom. The molecule has 2 rings (SSSR count). The van der Waals surface area contributed by atoms with Crippen LogP contribution in [-0.4, -0.2) is 33.4 Å². The molecular formula is C12H14N4O2S2. The van der Waals surface area contributed by atoms with Crippen molar-refractivity contribution < 1.29 is 9.47 Å². The first kappa shape index (κ1) is 14.6. The minimum atomic E-state index is 0.0205. The van der Waals surface area contributed by atoms with Gasteiger partial charge in [0.05, 0.1) is 13.2 Å². The maximum Gasteiger partial charge on any atom is 0.217 e. The molecule has 20 heavy (non-hydrogen) atoms. The molecule has 0 saturated heterocycles. The number of hydrogen-bond donors (Lipinski definition) is 1. The lowest BCUT2D eigenvalue weighted by atomic mass is 10.2. The van der Waals surface area contributed by atoms with E-state index in [1.807, 2.05) is 13.8 Å². The molecule has 0 aliphatic carbocycles. The average Bonchev–Trinajstić information content (AvgIpc) is 2.90. The quantitative estimate of drug-likeness (QED) is 0.851. The number of anilines is 1. The van der Waals surface area contributed by atoms with Crippen LogP contribution in [-0.2, 0) is 0 Å². The Balaban J connectivity index is 2.23. The van der Waals surface area contributed by atoms with Crippen molar-refractivity contribution >= 4 is 33.7 Å². The highest BCUT2D eigenvalue weighted by atomic mass is 32.1. The highest BCUT2D eigenvalue weighted by Gasteiger charge is 2.10. The van der Waals surface area contributed by atoms with Crippen LogP contribution in [0.15, 0.2) is 17.6 Å². The molecule has 1 N–H and O–H groups in total. The number of hydrogen-bond acceptors (Lipinski definition) is 7. The Hall–Kier alpha value is -1.80. The summed E-state index contributed by atoms with van der Waals surface area (Å²) in [5.74, 6) is 0.912. The largest absolute Gasteiger partial charge is 0.481 e. The summed E-state index contributed by atoms with van der Waals surface area (Å²) in [6, 6.07) is 3.50. The molecule has 0 fully saturated rings. The number of aromatic nitrogens is 3. The standard InChI is InChI=1S/C12H14N4O2S2/c1-7(2)18-10-5-8(4-9(14-10)17-3)11(19)15-12-16-13-6-20-12/h4-7H,1-3H3,(H,15,16,19). The van der Waals surface area contributed by atoms with Gasteiger partial charge in [0, 0.05) is 17.7 Å². The van der Waals surface area contributed by atoms with E-state index in [2.05, 4.69) is 20.5 Å². The van der Waals surface area contributed by atoms with E-state index in [4.69, 9.17) is 21.7 Å². The van der Waals surface area contributed by atoms with Gasteiger partial charge in [0.25, 0.3) is 0 Å². The van der Waals surface area contributed by atoms with Crippen molar-refractivity contribution in [3.05, 3.63) is 23.2 Å². The van der Waals surface area contributed by atoms with E-state index in [1.54, 1.807) is 24.8 Å². The molecule has 106 valence electrons. The lowest BCUT2D eigenvalue weighted by Crippen LogP contribution is -2.13. The van der Waals surface area contributed by atoms with Crippen LogP contribution in [0.3, 0.4) is 0 Å². The zero-order valence-electron chi connectivity index (χ0n) is 11.3. The van der Waals surface area contributed by atoms with Gasteiger partial charge in [0.2, 0.25) is 16.9 Å². The molecule has 2 aromatic heterocycles. The van der Waals surface area contributed by atoms with Crippen molar-refractivity contribution in [2.45, 2.75) is 20.0 Å². The summed E-state index contributed by atoms with van der Waals surface area (Å²) in [4.78, 5) is 4.72. The van der Waals surface area contributed by atoms with Crippen molar-refractivity contribution in [1.29, 1.82) is 0 Å². The van der Waals surface area contributed by atoms with Gasteiger partial charge in [-0.2, -0.15) is 4.98 Å². The monoisotopic (exact) mass is 310 g/mol. The van der Waals surface area contributed by atoms with Gasteiger partial charge < -0.3 is 14.8 Å². The van der Waals surface area contributed by atoms with Crippen LogP contribution in [0, 0.1) is 0 Å². The summed E-state index contributed by atoms with van der Waals surface area (Å²) < 4.78 is 10.7. The molecular weight excluding hydrogens is 296 g/mol. The molecule has 8 heteroatoms. The average molecular weight is 310 g/mol. The van der Waals surface area contributed by atoms with Crippen molar-refractivity contribution in [2.24, 2.45) is 0 Å². The number of rotatable bonds is 5. The SMILES string of the molecule is COc1cc(C(=S)Nc2nncs2)cc(OC(C)C)n1. The van der Waals surface area contributed by atoms with Gasteiger partial charge in [0.15, 0.2) is 0 Å². The summed E-state index contributed by atoms with van der Waals surface area (Å²) in [6.07, 6.45) is 0.0205. The van der Waals surface area contributed by atoms with Crippen LogP contribution in [0.25, 0.3) is 0 Å². The molecule has 0 amide bonds. The Morgan fingerprint density at radius 3 is 2.70 bits per heavy atom. The minimum absolute atomic E-state index is 0.0205. The number of nitrogens with zero attached hydrogens (tertiary/aromatic N) is 3. The summed E-state index contributed by atoms with van der Waals surface area (Å²) in [5.41, 5.74) is 2.38. The molecule has 2 heterocycles. The van der Waals surface area contributed by atoms with E-state index in [0.29, 0.717) is 21.9 Å². The second-order valence-corrected chi connectivity index (χ2v) is 5.34. The summed E-state index contributed by atoms with van der Waals surface area (Å²) in [5, 5.41) is 11.3. The molecule has 0 atom stereocenters. The third-order valence-electron chi connectivity index (χ3n) is 2.19. The molecule has 0 aliphatic heterocycles. The van der Waals surface area contributed by atoms with Gasteiger partial charge in [0.1, 0.15) is 10.5 Å². The van der Waals surface area contributed by atoms with Crippen molar-refractivity contribution in [3.8, 4) is 11.8 Å². The lowest BCUT2D eigenvalue weighted by Gasteiger charge is -2.12. The fourth-order valence-electron chi connectivity index (χ4n) is 1.42. The van der Waals surface area contributed by atoms with Crippen LogP contribution in [0.1, 0.15) is 19.4 Å². The predicted molar refractivity (Wildman–Crippen MR) is 81.8 cm³/mol. The van der Waals surface area contributed by atoms with Gasteiger partial charge in [-0.25, -0.2) is 0 Å². The zero-order valence-corrected chi connectivity index (χ0v) is 12.9. The number of thiocarbonyl (C=S) groups is 1. The summed E-state index contributed by atoms with van der Waals surface area (Å²) >= 11 is 6.71. The first-order chi connectivity index (χ1) is 9.58. The second-order valence-electron chi connectivity index (χ2n) is 4.10.